The summed E-state index contributed by atoms with van der Waals surface area (Å²) in [4.78, 5) is 0. The molecule has 6 nitrogen and oxygen atoms in total. The largest absolute Gasteiger partial charge is 0.500 e. The SMILES string of the molecule is CCCCCCCCCCCCCCCC[Si](OC)(OC)OC.CO[Si](CC(C)C)(OC)OC. The normalized spacial score (nSPS) is 12.2. The summed E-state index contributed by atoms with van der Waals surface area (Å²) in [5, 5.41) is 0. The van der Waals surface area contributed by atoms with Crippen molar-refractivity contribution in [1.82, 2.24) is 0 Å². The second kappa shape index (κ2) is 24.9. The smallest absolute Gasteiger partial charge is 0.377 e. The molecule has 34 heavy (non-hydrogen) atoms. The van der Waals surface area contributed by atoms with Gasteiger partial charge in [0.25, 0.3) is 0 Å². The fourth-order valence-corrected chi connectivity index (χ4v) is 7.89. The first kappa shape index (κ1) is 36.4. The number of hydrogen-bond donors (Lipinski definition) is 0. The van der Waals surface area contributed by atoms with Crippen molar-refractivity contribution in [2.45, 2.75) is 123 Å². The molecule has 0 saturated carbocycles. The average molecular weight is 525 g/mol. The third-order valence-electron chi connectivity index (χ3n) is 6.36. The van der Waals surface area contributed by atoms with Crippen LogP contribution in [0, 0.1) is 5.92 Å². The van der Waals surface area contributed by atoms with E-state index in [9.17, 15) is 0 Å². The van der Waals surface area contributed by atoms with E-state index in [1.165, 1.54) is 83.5 Å². The van der Waals surface area contributed by atoms with Crippen molar-refractivity contribution in [2.75, 3.05) is 42.7 Å². The minimum absolute atomic E-state index is 0.543. The molecule has 0 amide bonds. The number of rotatable bonds is 23. The van der Waals surface area contributed by atoms with E-state index in [0.717, 1.165) is 18.5 Å². The highest BCUT2D eigenvalue weighted by Gasteiger charge is 2.38. The predicted octanol–water partition coefficient (Wildman–Crippen LogP) is 7.87. The Balaban J connectivity index is 0. The summed E-state index contributed by atoms with van der Waals surface area (Å²) in [6, 6.07) is 1.81. The number of unbranched alkanes of at least 4 members (excludes halogenated alkanes) is 13. The van der Waals surface area contributed by atoms with E-state index in [-0.39, 0.29) is 0 Å². The van der Waals surface area contributed by atoms with E-state index in [4.69, 9.17) is 26.6 Å². The van der Waals surface area contributed by atoms with E-state index < -0.39 is 17.6 Å². The lowest BCUT2D eigenvalue weighted by molar-refractivity contribution is 0.119. The maximum absolute atomic E-state index is 5.44. The van der Waals surface area contributed by atoms with Crippen LogP contribution in [0.2, 0.25) is 12.1 Å². The van der Waals surface area contributed by atoms with Gasteiger partial charge in [0, 0.05) is 54.7 Å². The highest BCUT2D eigenvalue weighted by atomic mass is 28.4. The standard InChI is InChI=1S/C19H42O3Si.C7H18O3Si/c1-5-6-7-8-9-10-11-12-13-14-15-16-17-18-19-23(20-2,21-3)22-4;1-7(2)6-11(8-3,9-4)10-5/h5-19H2,1-4H3;7H,6H2,1-5H3. The van der Waals surface area contributed by atoms with Crippen molar-refractivity contribution in [3.8, 4) is 0 Å². The van der Waals surface area contributed by atoms with Gasteiger partial charge in [-0.3, -0.25) is 0 Å². The molecule has 0 aromatic carbocycles. The second-order valence-electron chi connectivity index (χ2n) is 9.53. The van der Waals surface area contributed by atoms with Gasteiger partial charge >= 0.3 is 17.6 Å². The molecule has 0 aliphatic heterocycles. The van der Waals surface area contributed by atoms with E-state index >= 15 is 0 Å². The summed E-state index contributed by atoms with van der Waals surface area (Å²) in [6.45, 7) is 6.53. The van der Waals surface area contributed by atoms with Crippen LogP contribution in [-0.4, -0.2) is 60.3 Å². The zero-order chi connectivity index (χ0) is 26.1. The van der Waals surface area contributed by atoms with Gasteiger partial charge in [-0.25, -0.2) is 0 Å². The summed E-state index contributed by atoms with van der Waals surface area (Å²) < 4.78 is 32.1. The first-order valence-electron chi connectivity index (χ1n) is 13.7. The minimum Gasteiger partial charge on any atom is -0.377 e. The Hall–Kier alpha value is 0.194. The van der Waals surface area contributed by atoms with Gasteiger partial charge in [0.05, 0.1) is 0 Å². The van der Waals surface area contributed by atoms with Gasteiger partial charge in [0.1, 0.15) is 0 Å². The molecule has 0 radical (unpaired) electrons. The molecule has 0 atom stereocenters. The van der Waals surface area contributed by atoms with Crippen molar-refractivity contribution in [2.24, 2.45) is 5.92 Å². The molecular formula is C26H60O6Si2. The van der Waals surface area contributed by atoms with Gasteiger partial charge in [0.2, 0.25) is 0 Å². The summed E-state index contributed by atoms with van der Waals surface area (Å²) in [7, 11) is 5.41. The van der Waals surface area contributed by atoms with Gasteiger partial charge < -0.3 is 26.6 Å². The van der Waals surface area contributed by atoms with Crippen molar-refractivity contribution in [3.63, 3.8) is 0 Å². The van der Waals surface area contributed by atoms with Crippen LogP contribution >= 0.6 is 0 Å². The Morgan fingerprint density at radius 3 is 0.971 bits per heavy atom. The van der Waals surface area contributed by atoms with Crippen molar-refractivity contribution in [1.29, 1.82) is 0 Å². The highest BCUT2D eigenvalue weighted by molar-refractivity contribution is 6.60. The Labute approximate surface area is 215 Å². The zero-order valence-electron chi connectivity index (χ0n) is 24.3. The lowest BCUT2D eigenvalue weighted by Gasteiger charge is -2.25. The summed E-state index contributed by atoms with van der Waals surface area (Å²) in [5.41, 5.74) is 0. The summed E-state index contributed by atoms with van der Waals surface area (Å²) in [5.74, 6) is 0.543. The van der Waals surface area contributed by atoms with Crippen LogP contribution in [0.5, 0.6) is 0 Å². The fraction of sp³-hybridized carbons (Fsp3) is 1.00. The summed E-state index contributed by atoms with van der Waals surface area (Å²) in [6.07, 6.45) is 19.4. The molecule has 0 aliphatic rings. The predicted molar refractivity (Wildman–Crippen MR) is 148 cm³/mol. The Bertz CT molecular complexity index is 388. The van der Waals surface area contributed by atoms with Crippen LogP contribution in [0.3, 0.4) is 0 Å². The van der Waals surface area contributed by atoms with E-state index in [2.05, 4.69) is 20.8 Å². The molecule has 0 saturated heterocycles. The zero-order valence-corrected chi connectivity index (χ0v) is 26.3. The number of hydrogen-bond acceptors (Lipinski definition) is 6. The molecule has 0 aliphatic carbocycles. The molecule has 0 aromatic rings. The Morgan fingerprint density at radius 2 is 0.735 bits per heavy atom. The van der Waals surface area contributed by atoms with Crippen LogP contribution in [0.4, 0.5) is 0 Å². The van der Waals surface area contributed by atoms with Gasteiger partial charge in [0.15, 0.2) is 0 Å². The molecule has 208 valence electrons. The molecule has 0 N–H and O–H groups in total. The second-order valence-corrected chi connectivity index (χ2v) is 15.6. The van der Waals surface area contributed by atoms with Crippen LogP contribution in [0.25, 0.3) is 0 Å². The monoisotopic (exact) mass is 524 g/mol. The van der Waals surface area contributed by atoms with Crippen LogP contribution in [0.15, 0.2) is 0 Å². The maximum Gasteiger partial charge on any atom is 0.500 e. The van der Waals surface area contributed by atoms with Crippen LogP contribution in [-0.2, 0) is 26.6 Å². The Morgan fingerprint density at radius 1 is 0.441 bits per heavy atom. The van der Waals surface area contributed by atoms with E-state index in [0.29, 0.717) is 5.92 Å². The van der Waals surface area contributed by atoms with E-state index in [1.807, 2.05) is 0 Å². The van der Waals surface area contributed by atoms with Gasteiger partial charge in [-0.2, -0.15) is 0 Å². The highest BCUT2D eigenvalue weighted by Crippen LogP contribution is 2.19. The van der Waals surface area contributed by atoms with Crippen molar-refractivity contribution < 1.29 is 26.6 Å². The molecule has 8 heteroatoms. The fourth-order valence-electron chi connectivity index (χ4n) is 4.09. The lowest BCUT2D eigenvalue weighted by Crippen LogP contribution is -2.43. The molecule has 0 rings (SSSR count). The average Bonchev–Trinajstić information content (AvgIpc) is 2.86. The van der Waals surface area contributed by atoms with Gasteiger partial charge in [-0.05, 0) is 12.3 Å². The first-order chi connectivity index (χ1) is 16.3. The van der Waals surface area contributed by atoms with Crippen molar-refractivity contribution >= 4 is 17.6 Å². The third kappa shape index (κ3) is 19.4. The molecule has 0 fully saturated rings. The van der Waals surface area contributed by atoms with Crippen LogP contribution < -0.4 is 0 Å². The molecule has 0 bridgehead atoms. The van der Waals surface area contributed by atoms with Crippen LogP contribution in [0.1, 0.15) is 111 Å². The van der Waals surface area contributed by atoms with Gasteiger partial charge in [-0.1, -0.05) is 104 Å². The first-order valence-corrected chi connectivity index (χ1v) is 17.5. The Kier molecular flexibility index (Phi) is 26.6. The molecule has 0 heterocycles. The molecule has 0 aromatic heterocycles. The topological polar surface area (TPSA) is 55.4 Å². The van der Waals surface area contributed by atoms with Crippen molar-refractivity contribution in [3.05, 3.63) is 0 Å². The van der Waals surface area contributed by atoms with E-state index in [1.54, 1.807) is 42.7 Å². The summed E-state index contributed by atoms with van der Waals surface area (Å²) >= 11 is 0. The quantitative estimate of drug-likeness (QED) is 0.100. The molecular weight excluding hydrogens is 464 g/mol. The minimum atomic E-state index is -2.32. The van der Waals surface area contributed by atoms with Gasteiger partial charge in [-0.15, -0.1) is 0 Å². The lowest BCUT2D eigenvalue weighted by atomic mass is 10.0. The maximum atomic E-state index is 5.44. The third-order valence-corrected chi connectivity index (χ3v) is 12.4. The molecule has 0 spiro atoms. The molecule has 0 unspecified atom stereocenters.